The van der Waals surface area contributed by atoms with Crippen molar-refractivity contribution in [2.75, 3.05) is 13.1 Å². The van der Waals surface area contributed by atoms with Crippen molar-refractivity contribution < 1.29 is 9.53 Å². The normalized spacial score (nSPS) is 18.4. The molecule has 1 N–H and O–H groups in total. The van der Waals surface area contributed by atoms with E-state index in [1.54, 1.807) is 6.08 Å². The number of Topliss-reactive ketones (excluding diaryl/α,β-unsaturated/α-hetero) is 1. The Balaban J connectivity index is 1.50. The first-order chi connectivity index (χ1) is 14.1. The molecular weight excluding hydrogens is 364 g/mol. The maximum absolute atomic E-state index is 13.0. The summed E-state index contributed by atoms with van der Waals surface area (Å²) in [6.07, 6.45) is 5.49. The van der Waals surface area contributed by atoms with Crippen LogP contribution in [0.1, 0.15) is 52.1 Å². The number of hydrogen-bond donors (Lipinski definition) is 1. The minimum atomic E-state index is -0.0869. The average molecular weight is 388 g/mol. The monoisotopic (exact) mass is 388 g/mol. The zero-order valence-corrected chi connectivity index (χ0v) is 16.8. The topological polar surface area (TPSA) is 71.1 Å². The highest BCUT2D eigenvalue weighted by molar-refractivity contribution is 6.15. The Morgan fingerprint density at radius 1 is 1.14 bits per heavy atom. The van der Waals surface area contributed by atoms with Gasteiger partial charge in [-0.2, -0.15) is 5.10 Å². The van der Waals surface area contributed by atoms with Gasteiger partial charge in [0.2, 0.25) is 5.78 Å². The van der Waals surface area contributed by atoms with Gasteiger partial charge in [0.05, 0.1) is 11.3 Å². The van der Waals surface area contributed by atoms with Gasteiger partial charge in [-0.05, 0) is 63.5 Å². The maximum Gasteiger partial charge on any atom is 0.232 e. The second kappa shape index (κ2) is 7.12. The summed E-state index contributed by atoms with van der Waals surface area (Å²) in [5.74, 6) is 0.941. The van der Waals surface area contributed by atoms with Gasteiger partial charge in [0.25, 0.3) is 0 Å². The standard InChI is InChI=1S/C23H24N4O2/c1-14-6-8-17-21(28)20(12-19-16-9-7-15(2)24-23(16)26-25-19)29-22(17)18(14)13-27-10-4-3-5-11-27/h6-9,12H,3-5,10-11,13H2,1-2H3,(H,24,25,26)/b20-12-. The van der Waals surface area contributed by atoms with Crippen LogP contribution < -0.4 is 4.74 Å². The number of benzene rings is 1. The van der Waals surface area contributed by atoms with E-state index in [1.165, 1.54) is 19.3 Å². The van der Waals surface area contributed by atoms with Crippen LogP contribution >= 0.6 is 0 Å². The van der Waals surface area contributed by atoms with Crippen LogP contribution in [-0.2, 0) is 6.54 Å². The number of aromatic nitrogens is 3. The second-order valence-electron chi connectivity index (χ2n) is 7.97. The lowest BCUT2D eigenvalue weighted by molar-refractivity contribution is 0.101. The quantitative estimate of drug-likeness (QED) is 0.682. The molecule has 4 heterocycles. The number of ether oxygens (including phenoxy) is 1. The lowest BCUT2D eigenvalue weighted by Gasteiger charge is -2.27. The zero-order chi connectivity index (χ0) is 20.0. The molecule has 29 heavy (non-hydrogen) atoms. The number of H-pyrrole nitrogens is 1. The lowest BCUT2D eigenvalue weighted by Crippen LogP contribution is -2.29. The van der Waals surface area contributed by atoms with Crippen LogP contribution in [0.4, 0.5) is 0 Å². The lowest BCUT2D eigenvalue weighted by atomic mass is 10.00. The van der Waals surface area contributed by atoms with Gasteiger partial charge in [0.1, 0.15) is 5.75 Å². The average Bonchev–Trinajstić information content (AvgIpc) is 3.26. The summed E-state index contributed by atoms with van der Waals surface area (Å²) in [7, 11) is 0. The highest BCUT2D eigenvalue weighted by atomic mass is 16.5. The minimum absolute atomic E-state index is 0.0869. The highest BCUT2D eigenvalue weighted by Gasteiger charge is 2.31. The molecule has 5 rings (SSSR count). The van der Waals surface area contributed by atoms with Crippen molar-refractivity contribution in [1.82, 2.24) is 20.1 Å². The van der Waals surface area contributed by atoms with Gasteiger partial charge >= 0.3 is 0 Å². The van der Waals surface area contributed by atoms with E-state index in [1.807, 2.05) is 31.2 Å². The van der Waals surface area contributed by atoms with Gasteiger partial charge in [-0.25, -0.2) is 4.98 Å². The molecule has 0 spiro atoms. The van der Waals surface area contributed by atoms with Crippen LogP contribution in [0.5, 0.6) is 5.75 Å². The first-order valence-corrected chi connectivity index (χ1v) is 10.2. The first kappa shape index (κ1) is 18.1. The van der Waals surface area contributed by atoms with Gasteiger partial charge in [0.15, 0.2) is 11.4 Å². The van der Waals surface area contributed by atoms with E-state index in [0.29, 0.717) is 28.4 Å². The summed E-state index contributed by atoms with van der Waals surface area (Å²) >= 11 is 0. The van der Waals surface area contributed by atoms with Crippen LogP contribution in [0, 0.1) is 13.8 Å². The van der Waals surface area contributed by atoms with Crippen molar-refractivity contribution in [3.05, 3.63) is 58.1 Å². The minimum Gasteiger partial charge on any atom is -0.452 e. The summed E-state index contributed by atoms with van der Waals surface area (Å²) in [6, 6.07) is 7.80. The molecule has 2 aliphatic rings. The highest BCUT2D eigenvalue weighted by Crippen LogP contribution is 2.38. The number of piperidine rings is 1. The number of nitrogens with zero attached hydrogens (tertiary/aromatic N) is 3. The van der Waals surface area contributed by atoms with Crippen LogP contribution in [0.25, 0.3) is 17.1 Å². The number of ketones is 1. The number of pyridine rings is 1. The van der Waals surface area contributed by atoms with E-state index in [4.69, 9.17) is 4.74 Å². The summed E-state index contributed by atoms with van der Waals surface area (Å²) in [6.45, 7) is 7.05. The predicted octanol–water partition coefficient (Wildman–Crippen LogP) is 4.18. The maximum atomic E-state index is 13.0. The molecule has 0 unspecified atom stereocenters. The number of aromatic amines is 1. The third kappa shape index (κ3) is 3.23. The summed E-state index contributed by atoms with van der Waals surface area (Å²) in [5.41, 5.74) is 5.21. The molecular formula is C23H24N4O2. The Labute approximate surface area is 169 Å². The van der Waals surface area contributed by atoms with E-state index >= 15 is 0 Å². The molecule has 2 aliphatic heterocycles. The third-order valence-corrected chi connectivity index (χ3v) is 5.87. The molecule has 0 aliphatic carbocycles. The number of aryl methyl sites for hydroxylation is 2. The summed E-state index contributed by atoms with van der Waals surface area (Å²) in [5, 5.41) is 8.14. The third-order valence-electron chi connectivity index (χ3n) is 5.87. The van der Waals surface area contributed by atoms with E-state index in [-0.39, 0.29) is 5.78 Å². The number of rotatable bonds is 3. The fourth-order valence-electron chi connectivity index (χ4n) is 4.20. The van der Waals surface area contributed by atoms with E-state index in [0.717, 1.165) is 41.8 Å². The second-order valence-corrected chi connectivity index (χ2v) is 7.97. The van der Waals surface area contributed by atoms with E-state index in [2.05, 4.69) is 27.0 Å². The van der Waals surface area contributed by atoms with Crippen LogP contribution in [0.15, 0.2) is 30.0 Å². The Morgan fingerprint density at radius 2 is 1.97 bits per heavy atom. The molecule has 2 aromatic heterocycles. The molecule has 0 bridgehead atoms. The summed E-state index contributed by atoms with van der Waals surface area (Å²) < 4.78 is 6.13. The van der Waals surface area contributed by atoms with Crippen LogP contribution in [0.2, 0.25) is 0 Å². The van der Waals surface area contributed by atoms with Crippen LogP contribution in [-0.4, -0.2) is 39.0 Å². The fraction of sp³-hybridized carbons (Fsp3) is 0.348. The van der Waals surface area contributed by atoms with Gasteiger partial charge in [0, 0.05) is 29.3 Å². The Hall–Kier alpha value is -2.99. The Kier molecular flexibility index (Phi) is 4.43. The van der Waals surface area contributed by atoms with Gasteiger partial charge in [-0.3, -0.25) is 14.8 Å². The predicted molar refractivity (Wildman–Crippen MR) is 112 cm³/mol. The SMILES string of the molecule is Cc1ccc2c(/C=C3\Oc4c(ccc(C)c4CN4CCCCC4)C3=O)n[nH]c2n1. The van der Waals surface area contributed by atoms with E-state index < -0.39 is 0 Å². The molecule has 0 amide bonds. The molecule has 0 atom stereocenters. The number of carbonyl (C=O) groups excluding carboxylic acids is 1. The Bertz CT molecular complexity index is 1140. The van der Waals surface area contributed by atoms with Gasteiger partial charge in [-0.15, -0.1) is 0 Å². The number of allylic oxidation sites excluding steroid dienone is 1. The number of carbonyl (C=O) groups is 1. The molecule has 1 aromatic carbocycles. The molecule has 0 saturated carbocycles. The smallest absolute Gasteiger partial charge is 0.232 e. The fourth-order valence-corrected chi connectivity index (χ4v) is 4.20. The van der Waals surface area contributed by atoms with Gasteiger partial charge < -0.3 is 4.74 Å². The molecule has 148 valence electrons. The zero-order valence-electron chi connectivity index (χ0n) is 16.8. The van der Waals surface area contributed by atoms with Gasteiger partial charge in [-0.1, -0.05) is 12.5 Å². The molecule has 1 saturated heterocycles. The van der Waals surface area contributed by atoms with Crippen molar-refractivity contribution in [2.24, 2.45) is 0 Å². The van der Waals surface area contributed by atoms with Crippen molar-refractivity contribution >= 4 is 22.9 Å². The molecule has 6 heteroatoms. The molecule has 1 fully saturated rings. The number of fused-ring (bicyclic) bond motifs is 2. The molecule has 3 aromatic rings. The first-order valence-electron chi connectivity index (χ1n) is 10.2. The van der Waals surface area contributed by atoms with Crippen molar-refractivity contribution in [2.45, 2.75) is 39.7 Å². The van der Waals surface area contributed by atoms with Crippen LogP contribution in [0.3, 0.4) is 0 Å². The molecule has 0 radical (unpaired) electrons. The number of nitrogens with one attached hydrogen (secondary N) is 1. The molecule has 6 nitrogen and oxygen atoms in total. The van der Waals surface area contributed by atoms with E-state index in [9.17, 15) is 4.79 Å². The van der Waals surface area contributed by atoms with Crippen molar-refractivity contribution in [1.29, 1.82) is 0 Å². The number of hydrogen-bond acceptors (Lipinski definition) is 5. The summed E-state index contributed by atoms with van der Waals surface area (Å²) in [4.78, 5) is 19.9. The number of likely N-dealkylation sites (tertiary alicyclic amines) is 1. The van der Waals surface area contributed by atoms with Crippen molar-refractivity contribution in [3.63, 3.8) is 0 Å². The Morgan fingerprint density at radius 3 is 2.79 bits per heavy atom. The van der Waals surface area contributed by atoms with Crippen molar-refractivity contribution in [3.8, 4) is 5.75 Å². The largest absolute Gasteiger partial charge is 0.452 e.